The van der Waals surface area contributed by atoms with E-state index in [-0.39, 0.29) is 0 Å². The van der Waals surface area contributed by atoms with Gasteiger partial charge >= 0.3 is 0 Å². The molecule has 1 aliphatic heterocycles. The molecule has 0 spiro atoms. The average molecular weight is 438 g/mol. The first-order valence-electron chi connectivity index (χ1n) is 11.2. The van der Waals surface area contributed by atoms with Gasteiger partial charge in [0.25, 0.3) is 0 Å². The number of nitrogens with one attached hydrogen (secondary N) is 3. The summed E-state index contributed by atoms with van der Waals surface area (Å²) in [6, 6.07) is 17.7. The van der Waals surface area contributed by atoms with Crippen molar-refractivity contribution in [3.8, 4) is 0 Å². The van der Waals surface area contributed by atoms with Crippen molar-refractivity contribution in [2.24, 2.45) is 0 Å². The third-order valence-electron chi connectivity index (χ3n) is 4.95. The number of unbranched alkanes of at least 4 members (excludes halogenated alkanes) is 1. The molecular weight excluding hydrogens is 402 g/mol. The number of anilines is 4. The number of hydrazine groups is 2. The Kier molecular flexibility index (Phi) is 7.93. The zero-order valence-electron chi connectivity index (χ0n) is 19.3. The van der Waals surface area contributed by atoms with Crippen LogP contribution in [0.1, 0.15) is 53.9 Å². The fourth-order valence-corrected chi connectivity index (χ4v) is 3.78. The molecule has 0 saturated carbocycles. The van der Waals surface area contributed by atoms with Crippen molar-refractivity contribution >= 4 is 40.0 Å². The summed E-state index contributed by atoms with van der Waals surface area (Å²) >= 11 is 5.86. The lowest BCUT2D eigenvalue weighted by Gasteiger charge is -2.38. The predicted octanol–water partition coefficient (Wildman–Crippen LogP) is 6.47. The Hall–Kier alpha value is -2.57. The zero-order chi connectivity index (χ0) is 22.4. The van der Waals surface area contributed by atoms with E-state index in [0.29, 0.717) is 12.1 Å². The minimum absolute atomic E-state index is 0.396. The smallest absolute Gasteiger partial charge is 0.127 e. The Bertz CT molecular complexity index is 887. The first-order chi connectivity index (χ1) is 14.9. The Morgan fingerprint density at radius 3 is 1.84 bits per heavy atom. The molecule has 31 heavy (non-hydrogen) atoms. The molecule has 166 valence electrons. The first kappa shape index (κ1) is 23.1. The topological polar surface area (TPSA) is 42.6 Å². The maximum Gasteiger partial charge on any atom is 0.127 e. The second-order valence-electron chi connectivity index (χ2n) is 8.56. The van der Waals surface area contributed by atoms with Crippen LogP contribution in [0.15, 0.2) is 60.3 Å². The SMILES string of the molecule is CCCCC1=CN(c2ccc(NC(C)C)cc2)NN(c2ccc(NC(C)C)cc2)C1=S. The van der Waals surface area contributed by atoms with Crippen molar-refractivity contribution in [3.05, 3.63) is 60.3 Å². The van der Waals surface area contributed by atoms with Gasteiger partial charge in [-0.1, -0.05) is 25.6 Å². The lowest BCUT2D eigenvalue weighted by atomic mass is 10.1. The quantitative estimate of drug-likeness (QED) is 0.390. The van der Waals surface area contributed by atoms with E-state index in [4.69, 9.17) is 12.2 Å². The highest BCUT2D eigenvalue weighted by atomic mass is 32.1. The van der Waals surface area contributed by atoms with Crippen LogP contribution >= 0.6 is 12.2 Å². The lowest BCUT2D eigenvalue weighted by Crippen LogP contribution is -2.54. The molecule has 1 heterocycles. The Morgan fingerprint density at radius 1 is 0.839 bits per heavy atom. The normalized spacial score (nSPS) is 14.3. The molecule has 0 fully saturated rings. The minimum atomic E-state index is 0.396. The summed E-state index contributed by atoms with van der Waals surface area (Å²) in [7, 11) is 0. The fourth-order valence-electron chi connectivity index (χ4n) is 3.47. The lowest BCUT2D eigenvalue weighted by molar-refractivity contribution is 0.702. The van der Waals surface area contributed by atoms with E-state index in [0.717, 1.165) is 47.0 Å². The molecule has 0 aromatic heterocycles. The second kappa shape index (κ2) is 10.6. The molecule has 1 aliphatic rings. The van der Waals surface area contributed by atoms with Gasteiger partial charge < -0.3 is 10.6 Å². The molecule has 0 bridgehead atoms. The average Bonchev–Trinajstić information content (AvgIpc) is 2.73. The van der Waals surface area contributed by atoms with E-state index in [2.05, 4.69) is 111 Å². The van der Waals surface area contributed by atoms with Gasteiger partial charge in [-0.15, -0.1) is 5.53 Å². The molecule has 2 aromatic carbocycles. The summed E-state index contributed by atoms with van der Waals surface area (Å²) in [5.74, 6) is 0. The summed E-state index contributed by atoms with van der Waals surface area (Å²) < 4.78 is 0. The molecule has 0 amide bonds. The van der Waals surface area contributed by atoms with Crippen molar-refractivity contribution in [2.75, 3.05) is 20.7 Å². The van der Waals surface area contributed by atoms with E-state index < -0.39 is 0 Å². The van der Waals surface area contributed by atoms with Crippen molar-refractivity contribution < 1.29 is 0 Å². The molecule has 0 aliphatic carbocycles. The molecule has 0 atom stereocenters. The largest absolute Gasteiger partial charge is 0.383 e. The maximum absolute atomic E-state index is 5.86. The van der Waals surface area contributed by atoms with Gasteiger partial charge in [-0.25, -0.2) is 5.01 Å². The van der Waals surface area contributed by atoms with Gasteiger partial charge in [-0.05, 0) is 89.1 Å². The number of thiocarbonyl (C=S) groups is 1. The van der Waals surface area contributed by atoms with Gasteiger partial charge in [0.1, 0.15) is 4.99 Å². The number of hydrogen-bond donors (Lipinski definition) is 3. The maximum atomic E-state index is 5.86. The predicted molar refractivity (Wildman–Crippen MR) is 139 cm³/mol. The van der Waals surface area contributed by atoms with Crippen molar-refractivity contribution in [1.82, 2.24) is 5.53 Å². The Labute approximate surface area is 192 Å². The fraction of sp³-hybridized carbons (Fsp3) is 0.400. The number of rotatable bonds is 9. The highest BCUT2D eigenvalue weighted by Gasteiger charge is 2.24. The molecule has 2 aromatic rings. The van der Waals surface area contributed by atoms with E-state index in [9.17, 15) is 0 Å². The number of nitrogens with zero attached hydrogens (tertiary/aromatic N) is 2. The van der Waals surface area contributed by atoms with Gasteiger partial charge in [-0.3, -0.25) is 5.01 Å². The van der Waals surface area contributed by atoms with Crippen molar-refractivity contribution in [3.63, 3.8) is 0 Å². The summed E-state index contributed by atoms with van der Waals surface area (Å²) in [5, 5.41) is 10.9. The van der Waals surface area contributed by atoms with Crippen LogP contribution in [0.3, 0.4) is 0 Å². The van der Waals surface area contributed by atoms with E-state index in [1.807, 2.05) is 5.01 Å². The molecule has 0 radical (unpaired) electrons. The van der Waals surface area contributed by atoms with Gasteiger partial charge in [0.2, 0.25) is 0 Å². The zero-order valence-corrected chi connectivity index (χ0v) is 20.1. The molecule has 3 N–H and O–H groups in total. The molecule has 6 heteroatoms. The molecule has 0 saturated heterocycles. The van der Waals surface area contributed by atoms with Crippen molar-refractivity contribution in [2.45, 2.75) is 66.0 Å². The highest BCUT2D eigenvalue weighted by molar-refractivity contribution is 7.81. The van der Waals surface area contributed by atoms with Crippen LogP contribution in [0.5, 0.6) is 0 Å². The summed E-state index contributed by atoms with van der Waals surface area (Å²) in [4.78, 5) is 0.826. The number of hydrogen-bond acceptors (Lipinski definition) is 5. The third kappa shape index (κ3) is 6.21. The second-order valence-corrected chi connectivity index (χ2v) is 8.95. The minimum Gasteiger partial charge on any atom is -0.383 e. The molecule has 3 rings (SSSR count). The van der Waals surface area contributed by atoms with Crippen LogP contribution in [0, 0.1) is 0 Å². The van der Waals surface area contributed by atoms with Gasteiger partial charge in [0.15, 0.2) is 0 Å². The molecule has 0 unspecified atom stereocenters. The van der Waals surface area contributed by atoms with Gasteiger partial charge in [0, 0.05) is 35.2 Å². The van der Waals surface area contributed by atoms with Crippen LogP contribution in [-0.2, 0) is 0 Å². The van der Waals surface area contributed by atoms with Crippen LogP contribution in [0.25, 0.3) is 0 Å². The van der Waals surface area contributed by atoms with E-state index >= 15 is 0 Å². The van der Waals surface area contributed by atoms with Gasteiger partial charge in [0.05, 0.1) is 11.4 Å². The summed E-state index contributed by atoms with van der Waals surface area (Å²) in [5.41, 5.74) is 8.95. The summed E-state index contributed by atoms with van der Waals surface area (Å²) in [6.07, 6.45) is 5.35. The highest BCUT2D eigenvalue weighted by Crippen LogP contribution is 2.27. The molecular formula is C25H35N5S. The monoisotopic (exact) mass is 437 g/mol. The molecule has 5 nitrogen and oxygen atoms in total. The van der Waals surface area contributed by atoms with Crippen LogP contribution in [0.2, 0.25) is 0 Å². The van der Waals surface area contributed by atoms with Crippen LogP contribution in [-0.4, -0.2) is 17.1 Å². The van der Waals surface area contributed by atoms with E-state index in [1.54, 1.807) is 0 Å². The summed E-state index contributed by atoms with van der Waals surface area (Å²) in [6.45, 7) is 10.8. The number of benzene rings is 2. The third-order valence-corrected chi connectivity index (χ3v) is 5.40. The van der Waals surface area contributed by atoms with Crippen LogP contribution in [0.4, 0.5) is 22.7 Å². The standard InChI is InChI=1S/C25H35N5S/c1-6-7-8-20-17-29(23-13-9-21(10-14-23)26-18(2)3)28-30(25(20)31)24-15-11-22(12-16-24)27-19(4)5/h9-19,26-28H,6-8H2,1-5H3. The van der Waals surface area contributed by atoms with E-state index in [1.165, 1.54) is 5.57 Å². The van der Waals surface area contributed by atoms with Crippen molar-refractivity contribution in [1.29, 1.82) is 0 Å². The van der Waals surface area contributed by atoms with Crippen LogP contribution < -0.4 is 26.2 Å². The Morgan fingerprint density at radius 2 is 1.35 bits per heavy atom. The first-order valence-corrected chi connectivity index (χ1v) is 11.6. The van der Waals surface area contributed by atoms with Gasteiger partial charge in [-0.2, -0.15) is 0 Å². The Balaban J connectivity index is 1.86.